The second-order valence-electron chi connectivity index (χ2n) is 5.94. The Labute approximate surface area is 154 Å². The summed E-state index contributed by atoms with van der Waals surface area (Å²) in [6, 6.07) is 25.3. The fourth-order valence-electron chi connectivity index (χ4n) is 3.40. The van der Waals surface area contributed by atoms with E-state index in [-0.39, 0.29) is 6.17 Å². The summed E-state index contributed by atoms with van der Waals surface area (Å²) in [5.74, 6) is 0.993. The summed E-state index contributed by atoms with van der Waals surface area (Å²) in [5.41, 5.74) is 5.70. The molecule has 1 atom stereocenters. The van der Waals surface area contributed by atoms with E-state index in [1.807, 2.05) is 6.07 Å². The fourth-order valence-corrected chi connectivity index (χ4v) is 3.76. The molecule has 0 fully saturated rings. The van der Waals surface area contributed by atoms with Gasteiger partial charge in [-0.05, 0) is 52.9 Å². The maximum absolute atomic E-state index is 4.99. The lowest BCUT2D eigenvalue weighted by Gasteiger charge is -2.33. The zero-order valence-corrected chi connectivity index (χ0v) is 14.9. The largest absolute Gasteiger partial charge is 0.359 e. The van der Waals surface area contributed by atoms with Gasteiger partial charge in [0.25, 0.3) is 0 Å². The van der Waals surface area contributed by atoms with Crippen molar-refractivity contribution in [3.8, 4) is 0 Å². The molecule has 2 aliphatic rings. The number of aliphatic imine (C=N–C) groups is 1. The Kier molecular flexibility index (Phi) is 3.13. The minimum Gasteiger partial charge on any atom is -0.359 e. The van der Waals surface area contributed by atoms with Crippen LogP contribution in [0, 0.1) is 3.57 Å². The molecule has 2 aliphatic heterocycles. The molecule has 0 saturated heterocycles. The van der Waals surface area contributed by atoms with Crippen LogP contribution in [0.3, 0.4) is 0 Å². The van der Waals surface area contributed by atoms with Crippen molar-refractivity contribution in [3.63, 3.8) is 0 Å². The third-order valence-electron chi connectivity index (χ3n) is 4.50. The summed E-state index contributed by atoms with van der Waals surface area (Å²) < 4.78 is 1.23. The number of rotatable bonds is 1. The molecule has 0 bridgehead atoms. The van der Waals surface area contributed by atoms with E-state index in [0.29, 0.717) is 0 Å². The number of halogens is 1. The molecule has 0 saturated carbocycles. The van der Waals surface area contributed by atoms with Gasteiger partial charge in [0.15, 0.2) is 0 Å². The average Bonchev–Trinajstić information content (AvgIpc) is 3.02. The van der Waals surface area contributed by atoms with Crippen LogP contribution in [-0.4, -0.2) is 5.84 Å². The number of anilines is 2. The van der Waals surface area contributed by atoms with Gasteiger partial charge in [0.1, 0.15) is 12.0 Å². The summed E-state index contributed by atoms with van der Waals surface area (Å²) in [6.45, 7) is 0. The Morgan fingerprint density at radius 2 is 1.62 bits per heavy atom. The summed E-state index contributed by atoms with van der Waals surface area (Å²) in [7, 11) is 0. The predicted molar refractivity (Wildman–Crippen MR) is 107 cm³/mol. The molecule has 0 amide bonds. The first-order chi connectivity index (χ1) is 11.8. The molecule has 0 radical (unpaired) electrons. The summed E-state index contributed by atoms with van der Waals surface area (Å²) in [4.78, 5) is 7.29. The normalized spacial score (nSPS) is 17.5. The van der Waals surface area contributed by atoms with Crippen molar-refractivity contribution in [2.75, 3.05) is 10.2 Å². The van der Waals surface area contributed by atoms with Crippen LogP contribution in [0.1, 0.15) is 17.3 Å². The molecule has 2 heterocycles. The second-order valence-corrected chi connectivity index (χ2v) is 7.18. The Hall–Kier alpha value is -2.34. The lowest BCUT2D eigenvalue weighted by Crippen LogP contribution is -2.37. The van der Waals surface area contributed by atoms with Crippen LogP contribution in [0.5, 0.6) is 0 Å². The van der Waals surface area contributed by atoms with E-state index in [0.717, 1.165) is 22.8 Å². The predicted octanol–water partition coefficient (Wildman–Crippen LogP) is 5.31. The highest BCUT2D eigenvalue weighted by Gasteiger charge is 2.37. The van der Waals surface area contributed by atoms with Crippen LogP contribution in [0.2, 0.25) is 0 Å². The molecule has 1 unspecified atom stereocenters. The maximum atomic E-state index is 4.99. The van der Waals surface area contributed by atoms with Gasteiger partial charge in [0, 0.05) is 14.7 Å². The van der Waals surface area contributed by atoms with Gasteiger partial charge >= 0.3 is 0 Å². The van der Waals surface area contributed by atoms with E-state index < -0.39 is 0 Å². The molecule has 24 heavy (non-hydrogen) atoms. The van der Waals surface area contributed by atoms with E-state index in [9.17, 15) is 0 Å². The zero-order chi connectivity index (χ0) is 16.1. The Morgan fingerprint density at radius 1 is 0.875 bits per heavy atom. The Morgan fingerprint density at radius 3 is 2.50 bits per heavy atom. The molecule has 1 N–H and O–H groups in total. The van der Waals surface area contributed by atoms with E-state index in [1.54, 1.807) is 0 Å². The van der Waals surface area contributed by atoms with E-state index in [1.165, 1.54) is 14.8 Å². The maximum Gasteiger partial charge on any atom is 0.143 e. The third kappa shape index (κ3) is 2.06. The molecule has 4 heteroatoms. The smallest absolute Gasteiger partial charge is 0.143 e. The molecule has 0 aliphatic carbocycles. The first-order valence-corrected chi connectivity index (χ1v) is 8.97. The third-order valence-corrected chi connectivity index (χ3v) is 5.22. The second kappa shape index (κ2) is 5.34. The number of fused-ring (bicyclic) bond motifs is 5. The highest BCUT2D eigenvalue weighted by molar-refractivity contribution is 14.1. The van der Waals surface area contributed by atoms with Crippen molar-refractivity contribution in [2.24, 2.45) is 4.99 Å². The van der Waals surface area contributed by atoms with Crippen molar-refractivity contribution in [2.45, 2.75) is 6.17 Å². The summed E-state index contributed by atoms with van der Waals surface area (Å²) in [5, 5.41) is 3.65. The lowest BCUT2D eigenvalue weighted by molar-refractivity contribution is 0.832. The van der Waals surface area contributed by atoms with Gasteiger partial charge in [0.2, 0.25) is 0 Å². The highest BCUT2D eigenvalue weighted by atomic mass is 127. The van der Waals surface area contributed by atoms with Gasteiger partial charge in [-0.3, -0.25) is 4.90 Å². The van der Waals surface area contributed by atoms with E-state index >= 15 is 0 Å². The van der Waals surface area contributed by atoms with Gasteiger partial charge in [0.05, 0.1) is 17.1 Å². The van der Waals surface area contributed by atoms with Crippen molar-refractivity contribution in [1.29, 1.82) is 0 Å². The summed E-state index contributed by atoms with van der Waals surface area (Å²) in [6.07, 6.45) is 0.0883. The van der Waals surface area contributed by atoms with Gasteiger partial charge < -0.3 is 5.32 Å². The zero-order valence-electron chi connectivity index (χ0n) is 12.8. The molecule has 116 valence electrons. The minimum atomic E-state index is 0.0883. The number of nitrogens with one attached hydrogen (secondary N) is 1. The number of nitrogens with zero attached hydrogens (tertiary/aromatic N) is 2. The summed E-state index contributed by atoms with van der Waals surface area (Å²) >= 11 is 2.33. The SMILES string of the molecule is Ic1ccc(C2=Nc3ccccc3C3Nc4ccccc4N23)cc1. The van der Waals surface area contributed by atoms with Gasteiger partial charge in [-0.2, -0.15) is 0 Å². The standard InChI is InChI=1S/C20H14IN3/c21-14-11-9-13(10-12-14)19-22-16-6-2-1-5-15(16)20-23-17-7-3-4-8-18(17)24(19)20/h1-12,20,23H. The van der Waals surface area contributed by atoms with Crippen molar-refractivity contribution < 1.29 is 0 Å². The van der Waals surface area contributed by atoms with Crippen molar-refractivity contribution in [1.82, 2.24) is 0 Å². The van der Waals surface area contributed by atoms with Crippen LogP contribution in [-0.2, 0) is 0 Å². The van der Waals surface area contributed by atoms with Crippen LogP contribution in [0.4, 0.5) is 17.1 Å². The molecular weight excluding hydrogens is 409 g/mol. The molecule has 0 spiro atoms. The average molecular weight is 423 g/mol. The fraction of sp³-hybridized carbons (Fsp3) is 0.0500. The minimum absolute atomic E-state index is 0.0883. The first kappa shape index (κ1) is 14.0. The monoisotopic (exact) mass is 423 g/mol. The number of para-hydroxylation sites is 3. The Bertz CT molecular complexity index is 963. The molecule has 3 nitrogen and oxygen atoms in total. The van der Waals surface area contributed by atoms with Crippen LogP contribution >= 0.6 is 22.6 Å². The molecule has 3 aromatic carbocycles. The van der Waals surface area contributed by atoms with Gasteiger partial charge in [-0.15, -0.1) is 0 Å². The first-order valence-electron chi connectivity index (χ1n) is 7.90. The topological polar surface area (TPSA) is 27.6 Å². The molecule has 3 aromatic rings. The highest BCUT2D eigenvalue weighted by Crippen LogP contribution is 2.47. The molecule has 0 aromatic heterocycles. The van der Waals surface area contributed by atoms with Crippen LogP contribution < -0.4 is 10.2 Å². The molecule has 5 rings (SSSR count). The number of benzene rings is 3. The Balaban J connectivity index is 1.75. The number of amidine groups is 1. The number of hydrogen-bond acceptors (Lipinski definition) is 3. The van der Waals surface area contributed by atoms with Crippen LogP contribution in [0.15, 0.2) is 77.8 Å². The molecular formula is C20H14IN3. The van der Waals surface area contributed by atoms with Crippen molar-refractivity contribution >= 4 is 45.5 Å². The number of hydrogen-bond donors (Lipinski definition) is 1. The van der Waals surface area contributed by atoms with Gasteiger partial charge in [-0.25, -0.2) is 4.99 Å². The van der Waals surface area contributed by atoms with E-state index in [2.05, 4.69) is 99.5 Å². The van der Waals surface area contributed by atoms with Crippen LogP contribution in [0.25, 0.3) is 0 Å². The lowest BCUT2D eigenvalue weighted by atomic mass is 10.0. The van der Waals surface area contributed by atoms with Crippen molar-refractivity contribution in [3.05, 3.63) is 87.5 Å². The van der Waals surface area contributed by atoms with E-state index in [4.69, 9.17) is 4.99 Å². The quantitative estimate of drug-likeness (QED) is 0.537. The van der Waals surface area contributed by atoms with Gasteiger partial charge in [-0.1, -0.05) is 42.5 Å².